The Kier molecular flexibility index (Phi) is 8.59. The smallest absolute Gasteiger partial charge is 0.132 e. The molecule has 0 amide bonds. The van der Waals surface area contributed by atoms with E-state index in [1.165, 1.54) is 38.8 Å². The van der Waals surface area contributed by atoms with Crippen LogP contribution < -0.4 is 26.0 Å². The summed E-state index contributed by atoms with van der Waals surface area (Å²) in [5, 5.41) is 14.0. The van der Waals surface area contributed by atoms with Crippen LogP contribution in [-0.2, 0) is 6.54 Å². The predicted molar refractivity (Wildman–Crippen MR) is 132 cm³/mol. The number of benzene rings is 1. The van der Waals surface area contributed by atoms with Crippen molar-refractivity contribution in [2.75, 3.05) is 63.6 Å². The number of pyridine rings is 1. The van der Waals surface area contributed by atoms with Crippen molar-refractivity contribution in [1.29, 1.82) is 0 Å². The summed E-state index contributed by atoms with van der Waals surface area (Å²) in [5.41, 5.74) is 2.17. The molecule has 2 aliphatic heterocycles. The number of anilines is 3. The third kappa shape index (κ3) is 6.82. The first-order valence-electron chi connectivity index (χ1n) is 12.1. The van der Waals surface area contributed by atoms with Crippen LogP contribution in [0.15, 0.2) is 36.4 Å². The van der Waals surface area contributed by atoms with Gasteiger partial charge in [0, 0.05) is 37.4 Å². The Balaban J connectivity index is 1.31. The predicted octanol–water partition coefficient (Wildman–Crippen LogP) is 3.43. The lowest BCUT2D eigenvalue weighted by Crippen LogP contribution is -2.31. The van der Waals surface area contributed by atoms with Crippen LogP contribution in [0.5, 0.6) is 5.75 Å². The van der Waals surface area contributed by atoms with Gasteiger partial charge in [0.05, 0.1) is 7.11 Å². The van der Waals surface area contributed by atoms with E-state index < -0.39 is 0 Å². The van der Waals surface area contributed by atoms with Crippen molar-refractivity contribution in [3.63, 3.8) is 0 Å². The van der Waals surface area contributed by atoms with Crippen molar-refractivity contribution < 1.29 is 4.74 Å². The van der Waals surface area contributed by atoms with Gasteiger partial charge in [-0.2, -0.15) is 0 Å². The Morgan fingerprint density at radius 1 is 1.09 bits per heavy atom. The zero-order chi connectivity index (χ0) is 22.0. The molecule has 1 aromatic carbocycles. The molecule has 0 bridgehead atoms. The van der Waals surface area contributed by atoms with E-state index in [9.17, 15) is 0 Å². The first kappa shape index (κ1) is 22.8. The van der Waals surface area contributed by atoms with Gasteiger partial charge in [0.1, 0.15) is 17.4 Å². The van der Waals surface area contributed by atoms with Crippen LogP contribution in [0, 0.1) is 5.92 Å². The Morgan fingerprint density at radius 3 is 2.72 bits per heavy atom. The lowest BCUT2D eigenvalue weighted by atomic mass is 9.98. The van der Waals surface area contributed by atoms with Crippen LogP contribution in [0.4, 0.5) is 17.3 Å². The molecule has 0 spiro atoms. The minimum absolute atomic E-state index is 0.719. The highest BCUT2D eigenvalue weighted by atomic mass is 16.5. The molecule has 1 aromatic heterocycles. The van der Waals surface area contributed by atoms with Crippen molar-refractivity contribution in [2.45, 2.75) is 32.2 Å². The number of hydrogen-bond acceptors (Lipinski definition) is 7. The van der Waals surface area contributed by atoms with Crippen molar-refractivity contribution >= 4 is 17.3 Å². The highest BCUT2D eigenvalue weighted by Crippen LogP contribution is 2.25. The molecule has 0 saturated carbocycles. The summed E-state index contributed by atoms with van der Waals surface area (Å²) in [4.78, 5) is 7.28. The molecule has 32 heavy (non-hydrogen) atoms. The van der Waals surface area contributed by atoms with Gasteiger partial charge >= 0.3 is 0 Å². The highest BCUT2D eigenvalue weighted by molar-refractivity contribution is 5.60. The quantitative estimate of drug-likeness (QED) is 0.401. The molecule has 2 fully saturated rings. The fraction of sp³-hybridized carbons (Fsp3) is 0.560. The second kappa shape index (κ2) is 12.0. The Morgan fingerprint density at radius 2 is 1.91 bits per heavy atom. The van der Waals surface area contributed by atoms with E-state index in [1.54, 1.807) is 7.11 Å². The van der Waals surface area contributed by atoms with E-state index in [-0.39, 0.29) is 0 Å². The number of rotatable bonds is 11. The number of likely N-dealkylation sites (tertiary alicyclic amines) is 1. The standard InChI is InChI=1S/C25H38N6O/c1-32-23-8-7-22(17-21(23)19-27-13-16-31-14-2-3-15-31)29-25-6-4-5-24(30-25)28-18-20-9-11-26-12-10-20/h4-8,17,20,26-27H,2-3,9-16,18-19H2,1H3,(H2,28,29,30). The van der Waals surface area contributed by atoms with Crippen molar-refractivity contribution in [3.8, 4) is 5.75 Å². The van der Waals surface area contributed by atoms with Gasteiger partial charge in [-0.1, -0.05) is 6.07 Å². The van der Waals surface area contributed by atoms with Gasteiger partial charge in [-0.3, -0.25) is 0 Å². The number of methoxy groups -OCH3 is 1. The molecule has 0 unspecified atom stereocenters. The fourth-order valence-corrected chi connectivity index (χ4v) is 4.55. The van der Waals surface area contributed by atoms with Gasteiger partial charge in [0.15, 0.2) is 0 Å². The summed E-state index contributed by atoms with van der Waals surface area (Å²) < 4.78 is 5.58. The van der Waals surface area contributed by atoms with Gasteiger partial charge in [-0.25, -0.2) is 4.98 Å². The zero-order valence-electron chi connectivity index (χ0n) is 19.3. The van der Waals surface area contributed by atoms with Crippen LogP contribution >= 0.6 is 0 Å². The molecule has 4 rings (SSSR count). The van der Waals surface area contributed by atoms with Crippen molar-refractivity contribution in [1.82, 2.24) is 20.5 Å². The lowest BCUT2D eigenvalue weighted by Gasteiger charge is -2.23. The third-order valence-electron chi connectivity index (χ3n) is 6.45. The molecule has 174 valence electrons. The van der Waals surface area contributed by atoms with Crippen LogP contribution in [0.1, 0.15) is 31.2 Å². The van der Waals surface area contributed by atoms with E-state index in [1.807, 2.05) is 30.3 Å². The second-order valence-electron chi connectivity index (χ2n) is 8.86. The first-order valence-corrected chi connectivity index (χ1v) is 12.1. The van der Waals surface area contributed by atoms with Gasteiger partial charge in [-0.05, 0) is 88.1 Å². The summed E-state index contributed by atoms with van der Waals surface area (Å²) in [7, 11) is 1.73. The number of nitrogens with zero attached hydrogens (tertiary/aromatic N) is 2. The summed E-state index contributed by atoms with van der Waals surface area (Å²) >= 11 is 0. The largest absolute Gasteiger partial charge is 0.496 e. The molecule has 0 aliphatic carbocycles. The van der Waals surface area contributed by atoms with Crippen LogP contribution in [0.25, 0.3) is 0 Å². The number of nitrogens with one attached hydrogen (secondary N) is 4. The van der Waals surface area contributed by atoms with E-state index in [4.69, 9.17) is 9.72 Å². The van der Waals surface area contributed by atoms with Gasteiger partial charge in [0.25, 0.3) is 0 Å². The maximum Gasteiger partial charge on any atom is 0.132 e. The maximum absolute atomic E-state index is 5.58. The molecule has 2 saturated heterocycles. The second-order valence-corrected chi connectivity index (χ2v) is 8.86. The van der Waals surface area contributed by atoms with Crippen molar-refractivity contribution in [3.05, 3.63) is 42.0 Å². The average Bonchev–Trinajstić information content (AvgIpc) is 3.35. The molecule has 4 N–H and O–H groups in total. The fourth-order valence-electron chi connectivity index (χ4n) is 4.55. The van der Waals surface area contributed by atoms with Crippen LogP contribution in [0.3, 0.4) is 0 Å². The van der Waals surface area contributed by atoms with Gasteiger partial charge in [0.2, 0.25) is 0 Å². The summed E-state index contributed by atoms with van der Waals surface area (Å²) in [6, 6.07) is 12.3. The normalized spacial score (nSPS) is 17.4. The molecule has 2 aliphatic rings. The third-order valence-corrected chi connectivity index (χ3v) is 6.45. The lowest BCUT2D eigenvalue weighted by molar-refractivity contribution is 0.335. The molecule has 2 aromatic rings. The molecule has 0 radical (unpaired) electrons. The summed E-state index contributed by atoms with van der Waals surface area (Å²) in [5.74, 6) is 3.40. The van der Waals surface area contributed by atoms with Gasteiger partial charge < -0.3 is 30.9 Å². The van der Waals surface area contributed by atoms with Crippen LogP contribution in [-0.4, -0.2) is 62.8 Å². The molecule has 7 nitrogen and oxygen atoms in total. The molecule has 3 heterocycles. The maximum atomic E-state index is 5.58. The summed E-state index contributed by atoms with van der Waals surface area (Å²) in [6.45, 7) is 8.59. The van der Waals surface area contributed by atoms with Crippen LogP contribution in [0.2, 0.25) is 0 Å². The Hall–Kier alpha value is -2.35. The molecular formula is C25H38N6O. The molecular weight excluding hydrogens is 400 g/mol. The first-order chi connectivity index (χ1) is 15.8. The number of hydrogen-bond donors (Lipinski definition) is 4. The Bertz CT molecular complexity index is 833. The van der Waals surface area contributed by atoms with E-state index in [2.05, 4.69) is 32.2 Å². The topological polar surface area (TPSA) is 73.5 Å². The minimum Gasteiger partial charge on any atom is -0.496 e. The summed E-state index contributed by atoms with van der Waals surface area (Å²) in [6.07, 6.45) is 5.13. The highest BCUT2D eigenvalue weighted by Gasteiger charge is 2.13. The minimum atomic E-state index is 0.719. The van der Waals surface area contributed by atoms with E-state index in [0.717, 1.165) is 73.8 Å². The van der Waals surface area contributed by atoms with E-state index in [0.29, 0.717) is 0 Å². The molecule has 7 heteroatoms. The number of piperidine rings is 1. The average molecular weight is 439 g/mol. The number of aromatic nitrogens is 1. The zero-order valence-corrected chi connectivity index (χ0v) is 19.3. The number of ether oxygens (including phenoxy) is 1. The van der Waals surface area contributed by atoms with E-state index >= 15 is 0 Å². The van der Waals surface area contributed by atoms with Crippen molar-refractivity contribution in [2.24, 2.45) is 5.92 Å². The van der Waals surface area contributed by atoms with Gasteiger partial charge in [-0.15, -0.1) is 0 Å². The monoisotopic (exact) mass is 438 g/mol. The molecule has 0 atom stereocenters. The Labute approximate surface area is 192 Å². The SMILES string of the molecule is COc1ccc(Nc2cccc(NCC3CCNCC3)n2)cc1CNCCN1CCCC1.